The molecule has 0 aliphatic heterocycles. The summed E-state index contributed by atoms with van der Waals surface area (Å²) in [5.41, 5.74) is 9.86. The maximum Gasteiger partial charge on any atom is 0.145 e. The molecule has 3 heteroatoms. The van der Waals surface area contributed by atoms with Gasteiger partial charge in [0.05, 0.1) is 7.11 Å². The highest BCUT2D eigenvalue weighted by atomic mass is 16.5. The average Bonchev–Trinajstić information content (AvgIpc) is 2.38. The van der Waals surface area contributed by atoms with Crippen molar-refractivity contribution in [1.82, 2.24) is 4.98 Å². The third kappa shape index (κ3) is 2.29. The predicted molar refractivity (Wildman–Crippen MR) is 68.9 cm³/mol. The molecule has 0 saturated heterocycles. The number of aromatic nitrogens is 1. The Labute approximate surface area is 101 Å². The monoisotopic (exact) mass is 228 g/mol. The average molecular weight is 228 g/mol. The molecule has 0 aliphatic carbocycles. The third-order valence-corrected chi connectivity index (χ3v) is 2.77. The molecule has 88 valence electrons. The lowest BCUT2D eigenvalue weighted by atomic mass is 10.0. The van der Waals surface area contributed by atoms with E-state index < -0.39 is 0 Å². The van der Waals surface area contributed by atoms with Gasteiger partial charge in [0.1, 0.15) is 11.4 Å². The van der Waals surface area contributed by atoms with Gasteiger partial charge < -0.3 is 10.5 Å². The Bertz CT molecular complexity index is 523. The molecule has 0 fully saturated rings. The summed E-state index contributed by atoms with van der Waals surface area (Å²) in [6, 6.07) is 9.94. The minimum absolute atomic E-state index is 0.556. The van der Waals surface area contributed by atoms with Crippen molar-refractivity contribution in [3.05, 3.63) is 47.7 Å². The Morgan fingerprint density at radius 3 is 2.76 bits per heavy atom. The fourth-order valence-corrected chi connectivity index (χ4v) is 1.88. The largest absolute Gasteiger partial charge is 0.494 e. The van der Waals surface area contributed by atoms with Gasteiger partial charge in [-0.15, -0.1) is 0 Å². The van der Waals surface area contributed by atoms with Crippen LogP contribution in [0.25, 0.3) is 11.3 Å². The van der Waals surface area contributed by atoms with Gasteiger partial charge in [0.15, 0.2) is 0 Å². The Hall–Kier alpha value is -1.87. The molecule has 1 heterocycles. The van der Waals surface area contributed by atoms with Gasteiger partial charge in [-0.25, -0.2) is 0 Å². The molecule has 0 spiro atoms. The van der Waals surface area contributed by atoms with E-state index >= 15 is 0 Å². The molecule has 1 aromatic carbocycles. The van der Waals surface area contributed by atoms with Gasteiger partial charge in [-0.3, -0.25) is 4.98 Å². The maximum atomic E-state index is 5.62. The zero-order chi connectivity index (χ0) is 12.3. The SMILES string of the molecule is COc1cccnc1-c1ccc(CN)cc1C. The summed E-state index contributed by atoms with van der Waals surface area (Å²) >= 11 is 0. The van der Waals surface area contributed by atoms with Crippen LogP contribution in [0, 0.1) is 6.92 Å². The standard InChI is InChI=1S/C14H16N2O/c1-10-8-11(9-15)5-6-12(10)14-13(17-2)4-3-7-16-14/h3-8H,9,15H2,1-2H3. The number of rotatable bonds is 3. The van der Waals surface area contributed by atoms with Gasteiger partial charge in [-0.2, -0.15) is 0 Å². The molecule has 0 atom stereocenters. The zero-order valence-corrected chi connectivity index (χ0v) is 10.1. The first-order valence-corrected chi connectivity index (χ1v) is 5.55. The zero-order valence-electron chi connectivity index (χ0n) is 10.1. The van der Waals surface area contributed by atoms with E-state index in [4.69, 9.17) is 10.5 Å². The summed E-state index contributed by atoms with van der Waals surface area (Å²) in [7, 11) is 1.66. The molecule has 0 radical (unpaired) electrons. The van der Waals surface area contributed by atoms with E-state index in [0.29, 0.717) is 6.54 Å². The highest BCUT2D eigenvalue weighted by Gasteiger charge is 2.09. The lowest BCUT2D eigenvalue weighted by Crippen LogP contribution is -1.98. The molecule has 2 N–H and O–H groups in total. The summed E-state index contributed by atoms with van der Waals surface area (Å²) in [4.78, 5) is 4.38. The van der Waals surface area contributed by atoms with Crippen molar-refractivity contribution in [2.24, 2.45) is 5.73 Å². The molecular formula is C14H16N2O. The lowest BCUT2D eigenvalue weighted by molar-refractivity contribution is 0.415. The molecule has 0 bridgehead atoms. The molecule has 0 amide bonds. The van der Waals surface area contributed by atoms with E-state index in [-0.39, 0.29) is 0 Å². The number of methoxy groups -OCH3 is 1. The minimum Gasteiger partial charge on any atom is -0.494 e. The highest BCUT2D eigenvalue weighted by molar-refractivity contribution is 5.69. The first kappa shape index (κ1) is 11.6. The van der Waals surface area contributed by atoms with Crippen LogP contribution in [-0.4, -0.2) is 12.1 Å². The molecule has 3 nitrogen and oxygen atoms in total. The predicted octanol–water partition coefficient (Wildman–Crippen LogP) is 2.52. The Morgan fingerprint density at radius 1 is 1.29 bits per heavy atom. The van der Waals surface area contributed by atoms with Crippen LogP contribution in [0.2, 0.25) is 0 Å². The maximum absolute atomic E-state index is 5.62. The molecule has 17 heavy (non-hydrogen) atoms. The second kappa shape index (κ2) is 4.97. The number of hydrogen-bond donors (Lipinski definition) is 1. The van der Waals surface area contributed by atoms with Gasteiger partial charge in [0, 0.05) is 18.3 Å². The minimum atomic E-state index is 0.556. The van der Waals surface area contributed by atoms with Gasteiger partial charge in [0.2, 0.25) is 0 Å². The Morgan fingerprint density at radius 2 is 2.12 bits per heavy atom. The number of aryl methyl sites for hydroxylation is 1. The number of pyridine rings is 1. The van der Waals surface area contributed by atoms with Crippen molar-refractivity contribution >= 4 is 0 Å². The van der Waals surface area contributed by atoms with Gasteiger partial charge in [-0.05, 0) is 30.2 Å². The van der Waals surface area contributed by atoms with E-state index in [1.807, 2.05) is 24.3 Å². The lowest BCUT2D eigenvalue weighted by Gasteiger charge is -2.10. The smallest absolute Gasteiger partial charge is 0.145 e. The van der Waals surface area contributed by atoms with Crippen LogP contribution < -0.4 is 10.5 Å². The Balaban J connectivity index is 2.53. The molecule has 2 aromatic rings. The van der Waals surface area contributed by atoms with Crippen molar-refractivity contribution < 1.29 is 4.74 Å². The number of benzene rings is 1. The van der Waals surface area contributed by atoms with Gasteiger partial charge >= 0.3 is 0 Å². The second-order valence-electron chi connectivity index (χ2n) is 3.91. The van der Waals surface area contributed by atoms with Crippen molar-refractivity contribution in [2.75, 3.05) is 7.11 Å². The number of hydrogen-bond acceptors (Lipinski definition) is 3. The number of ether oxygens (including phenoxy) is 1. The highest BCUT2D eigenvalue weighted by Crippen LogP contribution is 2.29. The van der Waals surface area contributed by atoms with Crippen LogP contribution in [0.1, 0.15) is 11.1 Å². The summed E-state index contributed by atoms with van der Waals surface area (Å²) in [6.07, 6.45) is 1.77. The topological polar surface area (TPSA) is 48.1 Å². The van der Waals surface area contributed by atoms with Crippen molar-refractivity contribution in [1.29, 1.82) is 0 Å². The first-order chi connectivity index (χ1) is 8.26. The van der Waals surface area contributed by atoms with Crippen LogP contribution in [0.15, 0.2) is 36.5 Å². The Kier molecular flexibility index (Phi) is 3.40. The summed E-state index contributed by atoms with van der Waals surface area (Å²) in [5, 5.41) is 0. The fourth-order valence-electron chi connectivity index (χ4n) is 1.88. The quantitative estimate of drug-likeness (QED) is 0.878. The number of nitrogens with two attached hydrogens (primary N) is 1. The summed E-state index contributed by atoms with van der Waals surface area (Å²) < 4.78 is 5.32. The van der Waals surface area contributed by atoms with E-state index in [9.17, 15) is 0 Å². The first-order valence-electron chi connectivity index (χ1n) is 5.55. The van der Waals surface area contributed by atoms with E-state index in [1.54, 1.807) is 13.3 Å². The van der Waals surface area contributed by atoms with Crippen LogP contribution in [0.4, 0.5) is 0 Å². The normalized spacial score (nSPS) is 10.3. The number of nitrogens with zero attached hydrogens (tertiary/aromatic N) is 1. The van der Waals surface area contributed by atoms with Crippen LogP contribution >= 0.6 is 0 Å². The second-order valence-corrected chi connectivity index (χ2v) is 3.91. The molecule has 0 aliphatic rings. The molecule has 2 rings (SSSR count). The van der Waals surface area contributed by atoms with Crippen molar-refractivity contribution in [3.63, 3.8) is 0 Å². The van der Waals surface area contributed by atoms with E-state index in [0.717, 1.165) is 28.1 Å². The van der Waals surface area contributed by atoms with Crippen molar-refractivity contribution in [2.45, 2.75) is 13.5 Å². The third-order valence-electron chi connectivity index (χ3n) is 2.77. The van der Waals surface area contributed by atoms with E-state index in [1.165, 1.54) is 0 Å². The summed E-state index contributed by atoms with van der Waals surface area (Å²) in [5.74, 6) is 0.788. The molecular weight excluding hydrogens is 212 g/mol. The van der Waals surface area contributed by atoms with Crippen LogP contribution in [0.3, 0.4) is 0 Å². The van der Waals surface area contributed by atoms with Crippen LogP contribution in [-0.2, 0) is 6.54 Å². The molecule has 0 saturated carbocycles. The van der Waals surface area contributed by atoms with Gasteiger partial charge in [0.25, 0.3) is 0 Å². The summed E-state index contributed by atoms with van der Waals surface area (Å²) in [6.45, 7) is 2.61. The van der Waals surface area contributed by atoms with Crippen LogP contribution in [0.5, 0.6) is 5.75 Å². The van der Waals surface area contributed by atoms with Gasteiger partial charge in [-0.1, -0.05) is 18.2 Å². The fraction of sp³-hybridized carbons (Fsp3) is 0.214. The molecule has 1 aromatic heterocycles. The van der Waals surface area contributed by atoms with Crippen molar-refractivity contribution in [3.8, 4) is 17.0 Å². The van der Waals surface area contributed by atoms with E-state index in [2.05, 4.69) is 18.0 Å². The molecule has 0 unspecified atom stereocenters.